The Bertz CT molecular complexity index is 673. The molecule has 2 aromatic heterocycles. The number of ether oxygens (including phenoxy) is 1. The molecule has 2 aromatic rings. The predicted molar refractivity (Wildman–Crippen MR) is 98.8 cm³/mol. The van der Waals surface area contributed by atoms with E-state index in [-0.39, 0.29) is 12.1 Å². The number of pyridine rings is 1. The third kappa shape index (κ3) is 3.30. The third-order valence-electron chi connectivity index (χ3n) is 4.45. The number of nitrogens with one attached hydrogen (secondary N) is 1. The number of aryl methyl sites for hydroxylation is 1. The smallest absolute Gasteiger partial charge is 0.170 e. The SMILES string of the molecule is CCn1cccc1[C@H]1[C@H](c2ccccn2)NC(=S)N1CCCOC. The Morgan fingerprint density at radius 2 is 2.17 bits per heavy atom. The van der Waals surface area contributed by atoms with Crippen molar-refractivity contribution in [3.05, 3.63) is 54.1 Å². The van der Waals surface area contributed by atoms with Gasteiger partial charge in [0.2, 0.25) is 0 Å². The van der Waals surface area contributed by atoms with Crippen LogP contribution in [0.1, 0.15) is 36.8 Å². The van der Waals surface area contributed by atoms with E-state index in [4.69, 9.17) is 17.0 Å². The van der Waals surface area contributed by atoms with E-state index in [1.54, 1.807) is 7.11 Å². The van der Waals surface area contributed by atoms with Crippen LogP contribution < -0.4 is 5.32 Å². The summed E-state index contributed by atoms with van der Waals surface area (Å²) in [6.07, 6.45) is 4.90. The van der Waals surface area contributed by atoms with Crippen LogP contribution in [-0.2, 0) is 11.3 Å². The highest BCUT2D eigenvalue weighted by Gasteiger charge is 2.40. The first-order chi connectivity index (χ1) is 11.8. The molecule has 0 spiro atoms. The Kier molecular flexibility index (Phi) is 5.48. The molecule has 128 valence electrons. The zero-order valence-electron chi connectivity index (χ0n) is 14.2. The molecule has 5 nitrogen and oxygen atoms in total. The van der Waals surface area contributed by atoms with Gasteiger partial charge in [0.25, 0.3) is 0 Å². The minimum Gasteiger partial charge on any atom is -0.385 e. The molecular formula is C18H24N4OS. The standard InChI is InChI=1S/C18H24N4OS/c1-3-21-11-6-9-15(21)17-16(14-8-4-5-10-19-14)20-18(24)22(17)12-7-13-23-2/h4-6,8-11,16-17H,3,7,12-13H2,1-2H3,(H,20,24)/t16-,17-/m0/s1. The average molecular weight is 344 g/mol. The maximum absolute atomic E-state index is 5.63. The summed E-state index contributed by atoms with van der Waals surface area (Å²) in [5, 5.41) is 4.27. The van der Waals surface area contributed by atoms with Gasteiger partial charge in [-0.15, -0.1) is 0 Å². The van der Waals surface area contributed by atoms with Gasteiger partial charge in [-0.3, -0.25) is 4.98 Å². The highest BCUT2D eigenvalue weighted by Crippen LogP contribution is 2.38. The van der Waals surface area contributed by atoms with E-state index in [1.165, 1.54) is 5.69 Å². The molecule has 24 heavy (non-hydrogen) atoms. The zero-order chi connectivity index (χ0) is 16.9. The second-order valence-electron chi connectivity index (χ2n) is 5.89. The Hall–Kier alpha value is -1.92. The largest absolute Gasteiger partial charge is 0.385 e. The Balaban J connectivity index is 1.95. The summed E-state index contributed by atoms with van der Waals surface area (Å²) in [4.78, 5) is 6.83. The second kappa shape index (κ2) is 7.77. The quantitative estimate of drug-likeness (QED) is 0.618. The summed E-state index contributed by atoms with van der Waals surface area (Å²) < 4.78 is 7.49. The number of hydrogen-bond donors (Lipinski definition) is 1. The summed E-state index contributed by atoms with van der Waals surface area (Å²) in [5.74, 6) is 0. The van der Waals surface area contributed by atoms with Crippen molar-refractivity contribution in [2.45, 2.75) is 32.0 Å². The molecule has 1 aliphatic heterocycles. The van der Waals surface area contributed by atoms with E-state index in [2.05, 4.69) is 51.1 Å². The highest BCUT2D eigenvalue weighted by molar-refractivity contribution is 7.80. The topological polar surface area (TPSA) is 42.3 Å². The Morgan fingerprint density at radius 1 is 1.29 bits per heavy atom. The van der Waals surface area contributed by atoms with Gasteiger partial charge in [-0.1, -0.05) is 6.07 Å². The van der Waals surface area contributed by atoms with Gasteiger partial charge in [0.1, 0.15) is 0 Å². The molecule has 1 saturated heterocycles. The first-order valence-corrected chi connectivity index (χ1v) is 8.79. The fraction of sp³-hybridized carbons (Fsp3) is 0.444. The number of thiocarbonyl (C=S) groups is 1. The van der Waals surface area contributed by atoms with E-state index in [0.29, 0.717) is 0 Å². The molecule has 0 aliphatic carbocycles. The first kappa shape index (κ1) is 16.9. The lowest BCUT2D eigenvalue weighted by Gasteiger charge is -2.28. The molecule has 3 rings (SSSR count). The maximum atomic E-state index is 5.63. The van der Waals surface area contributed by atoms with Crippen molar-refractivity contribution in [2.24, 2.45) is 0 Å². The fourth-order valence-corrected chi connectivity index (χ4v) is 3.66. The van der Waals surface area contributed by atoms with Gasteiger partial charge in [-0.2, -0.15) is 0 Å². The van der Waals surface area contributed by atoms with E-state index >= 15 is 0 Å². The van der Waals surface area contributed by atoms with Gasteiger partial charge in [0.05, 0.1) is 17.8 Å². The summed E-state index contributed by atoms with van der Waals surface area (Å²) in [5.41, 5.74) is 2.28. The zero-order valence-corrected chi connectivity index (χ0v) is 15.0. The lowest BCUT2D eigenvalue weighted by molar-refractivity contribution is 0.179. The third-order valence-corrected chi connectivity index (χ3v) is 4.81. The van der Waals surface area contributed by atoms with Crippen LogP contribution in [0, 0.1) is 0 Å². The van der Waals surface area contributed by atoms with Crippen LogP contribution in [0.15, 0.2) is 42.7 Å². The molecule has 0 aromatic carbocycles. The monoisotopic (exact) mass is 344 g/mol. The number of rotatable bonds is 7. The van der Waals surface area contributed by atoms with Crippen molar-refractivity contribution in [1.82, 2.24) is 19.8 Å². The van der Waals surface area contributed by atoms with Gasteiger partial charge in [0, 0.05) is 44.9 Å². The molecule has 6 heteroatoms. The van der Waals surface area contributed by atoms with Crippen LogP contribution in [0.2, 0.25) is 0 Å². The van der Waals surface area contributed by atoms with Crippen molar-refractivity contribution in [2.75, 3.05) is 20.3 Å². The van der Waals surface area contributed by atoms with Crippen molar-refractivity contribution in [3.8, 4) is 0 Å². The molecule has 1 N–H and O–H groups in total. The Morgan fingerprint density at radius 3 is 2.88 bits per heavy atom. The lowest BCUT2D eigenvalue weighted by atomic mass is 10.0. The number of methoxy groups -OCH3 is 1. The van der Waals surface area contributed by atoms with Crippen molar-refractivity contribution < 1.29 is 4.74 Å². The van der Waals surface area contributed by atoms with Crippen LogP contribution in [0.5, 0.6) is 0 Å². The maximum Gasteiger partial charge on any atom is 0.170 e. The molecule has 0 unspecified atom stereocenters. The van der Waals surface area contributed by atoms with Gasteiger partial charge in [-0.05, 0) is 49.8 Å². The molecule has 1 aliphatic rings. The average Bonchev–Trinajstić information content (AvgIpc) is 3.20. The molecule has 0 bridgehead atoms. The fourth-order valence-electron chi connectivity index (χ4n) is 3.33. The van der Waals surface area contributed by atoms with E-state index in [0.717, 1.165) is 36.9 Å². The summed E-state index contributed by atoms with van der Waals surface area (Å²) >= 11 is 5.63. The minimum atomic E-state index is 0.0569. The highest BCUT2D eigenvalue weighted by atomic mass is 32.1. The molecule has 0 amide bonds. The van der Waals surface area contributed by atoms with Gasteiger partial charge >= 0.3 is 0 Å². The van der Waals surface area contributed by atoms with Gasteiger partial charge in [0.15, 0.2) is 5.11 Å². The van der Waals surface area contributed by atoms with Gasteiger partial charge in [-0.25, -0.2) is 0 Å². The van der Waals surface area contributed by atoms with Crippen molar-refractivity contribution in [3.63, 3.8) is 0 Å². The molecular weight excluding hydrogens is 320 g/mol. The normalized spacial score (nSPS) is 20.4. The van der Waals surface area contributed by atoms with Crippen LogP contribution >= 0.6 is 12.2 Å². The van der Waals surface area contributed by atoms with Crippen LogP contribution in [0.4, 0.5) is 0 Å². The summed E-state index contributed by atoms with van der Waals surface area (Å²) in [6, 6.07) is 10.5. The molecule has 2 atom stereocenters. The molecule has 1 fully saturated rings. The van der Waals surface area contributed by atoms with Crippen molar-refractivity contribution >= 4 is 17.3 Å². The first-order valence-electron chi connectivity index (χ1n) is 8.38. The van der Waals surface area contributed by atoms with Crippen LogP contribution in [0.3, 0.4) is 0 Å². The molecule has 0 radical (unpaired) electrons. The number of nitrogens with zero attached hydrogens (tertiary/aromatic N) is 3. The predicted octanol–water partition coefficient (Wildman–Crippen LogP) is 2.91. The number of hydrogen-bond acceptors (Lipinski definition) is 3. The van der Waals surface area contributed by atoms with E-state index in [9.17, 15) is 0 Å². The van der Waals surface area contributed by atoms with Crippen LogP contribution in [0.25, 0.3) is 0 Å². The van der Waals surface area contributed by atoms with Crippen LogP contribution in [-0.4, -0.2) is 39.8 Å². The summed E-state index contributed by atoms with van der Waals surface area (Å²) in [6.45, 7) is 4.69. The summed E-state index contributed by atoms with van der Waals surface area (Å²) in [7, 11) is 1.73. The van der Waals surface area contributed by atoms with Crippen molar-refractivity contribution in [1.29, 1.82) is 0 Å². The van der Waals surface area contributed by atoms with E-state index < -0.39 is 0 Å². The number of aromatic nitrogens is 2. The van der Waals surface area contributed by atoms with E-state index in [1.807, 2.05) is 18.3 Å². The Labute approximate surface area is 148 Å². The molecule has 3 heterocycles. The second-order valence-corrected chi connectivity index (χ2v) is 6.27. The lowest BCUT2D eigenvalue weighted by Crippen LogP contribution is -2.32. The molecule has 0 saturated carbocycles. The van der Waals surface area contributed by atoms with Gasteiger partial charge < -0.3 is 19.5 Å². The minimum absolute atomic E-state index is 0.0569.